The molecule has 3 rings (SSSR count). The molecule has 1 aliphatic heterocycles. The summed E-state index contributed by atoms with van der Waals surface area (Å²) in [6, 6.07) is 13.0. The molecule has 170 valence electrons. The first-order chi connectivity index (χ1) is 14.9. The van der Waals surface area contributed by atoms with Gasteiger partial charge in [-0.15, -0.1) is 0 Å². The van der Waals surface area contributed by atoms with Crippen LogP contribution in [0.3, 0.4) is 0 Å². The van der Waals surface area contributed by atoms with E-state index < -0.39 is 17.8 Å². The predicted molar refractivity (Wildman–Crippen MR) is 115 cm³/mol. The van der Waals surface area contributed by atoms with Crippen molar-refractivity contribution in [2.45, 2.75) is 44.5 Å². The molecule has 0 radical (unpaired) electrons. The van der Waals surface area contributed by atoms with E-state index in [4.69, 9.17) is 4.74 Å². The molecule has 4 nitrogen and oxygen atoms in total. The van der Waals surface area contributed by atoms with E-state index >= 15 is 0 Å². The minimum absolute atomic E-state index is 0.279. The fraction of sp³-hybridized carbons (Fsp3) is 0.500. The van der Waals surface area contributed by atoms with Gasteiger partial charge in [-0.2, -0.15) is 13.2 Å². The lowest BCUT2D eigenvalue weighted by Gasteiger charge is -2.28. The van der Waals surface area contributed by atoms with Crippen LogP contribution < -0.4 is 10.1 Å². The van der Waals surface area contributed by atoms with E-state index in [1.807, 2.05) is 24.3 Å². The van der Waals surface area contributed by atoms with E-state index in [0.717, 1.165) is 42.1 Å². The number of halogens is 3. The number of nitrogens with zero attached hydrogens (tertiary/aromatic N) is 1. The highest BCUT2D eigenvalue weighted by Gasteiger charge is 2.29. The molecule has 1 saturated heterocycles. The number of aliphatic hydroxyl groups is 1. The molecule has 1 aliphatic rings. The molecule has 1 heterocycles. The van der Waals surface area contributed by atoms with Crippen LogP contribution in [0.2, 0.25) is 0 Å². The van der Waals surface area contributed by atoms with Crippen LogP contribution >= 0.6 is 0 Å². The highest BCUT2D eigenvalue weighted by atomic mass is 19.4. The Hall–Kier alpha value is -2.09. The topological polar surface area (TPSA) is 44.7 Å². The number of ether oxygens (including phenoxy) is 1. The zero-order valence-corrected chi connectivity index (χ0v) is 17.7. The van der Waals surface area contributed by atoms with Gasteiger partial charge in [0.25, 0.3) is 0 Å². The van der Waals surface area contributed by atoms with E-state index in [9.17, 15) is 18.3 Å². The molecule has 0 amide bonds. The van der Waals surface area contributed by atoms with Crippen molar-refractivity contribution in [3.05, 3.63) is 65.2 Å². The van der Waals surface area contributed by atoms with Crippen LogP contribution in [0.4, 0.5) is 13.2 Å². The molecule has 0 aliphatic carbocycles. The molecule has 0 unspecified atom stereocenters. The summed E-state index contributed by atoms with van der Waals surface area (Å²) in [6.07, 6.45) is -0.448. The third-order valence-corrected chi connectivity index (χ3v) is 5.48. The second-order valence-electron chi connectivity index (χ2n) is 8.09. The van der Waals surface area contributed by atoms with Crippen molar-refractivity contribution in [3.8, 4) is 5.75 Å². The molecule has 2 aromatic carbocycles. The molecule has 2 N–H and O–H groups in total. The van der Waals surface area contributed by atoms with Crippen LogP contribution in [0, 0.1) is 0 Å². The number of piperidine rings is 1. The Bertz CT molecular complexity index is 773. The molecule has 2 aromatic rings. The summed E-state index contributed by atoms with van der Waals surface area (Å²) in [7, 11) is 0. The largest absolute Gasteiger partial charge is 0.491 e. The lowest BCUT2D eigenvalue weighted by Crippen LogP contribution is -2.38. The van der Waals surface area contributed by atoms with Crippen LogP contribution in [0.1, 0.15) is 36.0 Å². The second kappa shape index (κ2) is 11.5. The number of aliphatic hydroxyl groups excluding tert-OH is 1. The summed E-state index contributed by atoms with van der Waals surface area (Å²) in [5, 5.41) is 13.5. The number of benzene rings is 2. The monoisotopic (exact) mass is 436 g/mol. The first kappa shape index (κ1) is 23.6. The Kier molecular flexibility index (Phi) is 8.75. The smallest absolute Gasteiger partial charge is 0.416 e. The van der Waals surface area contributed by atoms with Crippen molar-refractivity contribution >= 4 is 0 Å². The van der Waals surface area contributed by atoms with Crippen molar-refractivity contribution in [2.24, 2.45) is 0 Å². The second-order valence-corrected chi connectivity index (χ2v) is 8.09. The van der Waals surface area contributed by atoms with Gasteiger partial charge in [-0.05, 0) is 74.3 Å². The maximum absolute atomic E-state index is 12.6. The van der Waals surface area contributed by atoms with Gasteiger partial charge in [0, 0.05) is 13.1 Å². The summed E-state index contributed by atoms with van der Waals surface area (Å²) in [5.41, 5.74) is 1.34. The number of rotatable bonds is 10. The van der Waals surface area contributed by atoms with Gasteiger partial charge >= 0.3 is 6.18 Å². The minimum Gasteiger partial charge on any atom is -0.491 e. The van der Waals surface area contributed by atoms with E-state index in [1.54, 1.807) is 0 Å². The van der Waals surface area contributed by atoms with Gasteiger partial charge in [-0.25, -0.2) is 0 Å². The summed E-state index contributed by atoms with van der Waals surface area (Å²) >= 11 is 0. The number of β-amino-alcohol motifs (C(OH)–C–C–N with tert-alkyl or cyclic N) is 1. The van der Waals surface area contributed by atoms with Crippen molar-refractivity contribution in [3.63, 3.8) is 0 Å². The third-order valence-electron chi connectivity index (χ3n) is 5.48. The van der Waals surface area contributed by atoms with Crippen molar-refractivity contribution in [2.75, 3.05) is 32.8 Å². The standard InChI is InChI=1S/C24H31F3N2O2/c25-24(26,27)21-8-4-19(5-9-21)12-13-28-16-20-6-10-23(11-7-20)31-18-22(30)17-29-14-2-1-3-15-29/h4-11,22,28,30H,1-3,12-18H2/t22-/m1/s1. The molecule has 0 aromatic heterocycles. The van der Waals surface area contributed by atoms with Crippen LogP contribution in [0.5, 0.6) is 5.75 Å². The van der Waals surface area contributed by atoms with Crippen LogP contribution in [0.15, 0.2) is 48.5 Å². The lowest BCUT2D eigenvalue weighted by molar-refractivity contribution is -0.137. The summed E-state index contributed by atoms with van der Waals surface area (Å²) in [5.74, 6) is 0.728. The van der Waals surface area contributed by atoms with Crippen LogP contribution in [-0.4, -0.2) is 48.9 Å². The summed E-state index contributed by atoms with van der Waals surface area (Å²) in [4.78, 5) is 2.29. The molecular formula is C24H31F3N2O2. The maximum Gasteiger partial charge on any atom is 0.416 e. The lowest BCUT2D eigenvalue weighted by atomic mass is 10.1. The number of alkyl halides is 3. The average molecular weight is 437 g/mol. The number of hydrogen-bond acceptors (Lipinski definition) is 4. The van der Waals surface area contributed by atoms with Crippen molar-refractivity contribution in [1.29, 1.82) is 0 Å². The average Bonchev–Trinajstić information content (AvgIpc) is 2.76. The van der Waals surface area contributed by atoms with Gasteiger partial charge in [0.1, 0.15) is 18.5 Å². The highest BCUT2D eigenvalue weighted by molar-refractivity contribution is 5.27. The van der Waals surface area contributed by atoms with Gasteiger partial charge in [0.15, 0.2) is 0 Å². The Morgan fingerprint density at radius 2 is 1.58 bits per heavy atom. The predicted octanol–water partition coefficient (Wildman–Crippen LogP) is 4.26. The van der Waals surface area contributed by atoms with Crippen LogP contribution in [-0.2, 0) is 19.1 Å². The van der Waals surface area contributed by atoms with Gasteiger partial charge < -0.3 is 20.1 Å². The van der Waals surface area contributed by atoms with Gasteiger partial charge in [-0.1, -0.05) is 30.7 Å². The van der Waals surface area contributed by atoms with E-state index in [2.05, 4.69) is 10.2 Å². The molecular weight excluding hydrogens is 405 g/mol. The first-order valence-corrected chi connectivity index (χ1v) is 10.9. The first-order valence-electron chi connectivity index (χ1n) is 10.9. The Morgan fingerprint density at radius 1 is 0.935 bits per heavy atom. The van der Waals surface area contributed by atoms with E-state index in [1.165, 1.54) is 31.4 Å². The van der Waals surface area contributed by atoms with Gasteiger partial charge in [0.05, 0.1) is 5.56 Å². The molecule has 0 saturated carbocycles. The van der Waals surface area contributed by atoms with Crippen molar-refractivity contribution < 1.29 is 23.0 Å². The molecule has 0 bridgehead atoms. The summed E-state index contributed by atoms with van der Waals surface area (Å²) < 4.78 is 43.5. The number of nitrogens with one attached hydrogen (secondary N) is 1. The third kappa shape index (κ3) is 8.16. The fourth-order valence-electron chi connectivity index (χ4n) is 3.71. The van der Waals surface area contributed by atoms with Crippen molar-refractivity contribution in [1.82, 2.24) is 10.2 Å². The van der Waals surface area contributed by atoms with Gasteiger partial charge in [-0.3, -0.25) is 0 Å². The Morgan fingerprint density at radius 3 is 2.23 bits per heavy atom. The zero-order chi connectivity index (χ0) is 22.1. The van der Waals surface area contributed by atoms with Gasteiger partial charge in [0.2, 0.25) is 0 Å². The van der Waals surface area contributed by atoms with Crippen LogP contribution in [0.25, 0.3) is 0 Å². The number of hydrogen-bond donors (Lipinski definition) is 2. The SMILES string of the molecule is O[C@@H](COc1ccc(CNCCc2ccc(C(F)(F)F)cc2)cc1)CN1CCCCC1. The Labute approximate surface area is 182 Å². The quantitative estimate of drug-likeness (QED) is 0.546. The maximum atomic E-state index is 12.6. The van der Waals surface area contributed by atoms with E-state index in [-0.39, 0.29) is 6.61 Å². The Balaban J connectivity index is 1.33. The van der Waals surface area contributed by atoms with E-state index in [0.29, 0.717) is 26.1 Å². The molecule has 1 atom stereocenters. The normalized spacial score (nSPS) is 16.3. The molecule has 1 fully saturated rings. The molecule has 0 spiro atoms. The number of likely N-dealkylation sites (tertiary alicyclic amines) is 1. The minimum atomic E-state index is -4.29. The zero-order valence-electron chi connectivity index (χ0n) is 17.7. The highest BCUT2D eigenvalue weighted by Crippen LogP contribution is 2.29. The summed E-state index contributed by atoms with van der Waals surface area (Å²) in [6.45, 7) is 4.38. The molecule has 31 heavy (non-hydrogen) atoms. The molecule has 7 heteroatoms. The fourth-order valence-corrected chi connectivity index (χ4v) is 3.71.